The molecule has 0 radical (unpaired) electrons. The second-order valence-corrected chi connectivity index (χ2v) is 11.0. The van der Waals surface area contributed by atoms with Gasteiger partial charge < -0.3 is 15.2 Å². The van der Waals surface area contributed by atoms with Crippen molar-refractivity contribution in [2.45, 2.75) is 50.0 Å². The van der Waals surface area contributed by atoms with Crippen LogP contribution in [0.4, 0.5) is 5.13 Å². The summed E-state index contributed by atoms with van der Waals surface area (Å²) < 4.78 is 33.0. The summed E-state index contributed by atoms with van der Waals surface area (Å²) in [5, 5.41) is 13.2. The van der Waals surface area contributed by atoms with Gasteiger partial charge in [0.1, 0.15) is 10.6 Å². The molecule has 1 saturated carbocycles. The molecule has 0 unspecified atom stereocenters. The van der Waals surface area contributed by atoms with Crippen molar-refractivity contribution in [2.75, 3.05) is 25.5 Å². The van der Waals surface area contributed by atoms with Gasteiger partial charge in [0.25, 0.3) is 0 Å². The zero-order chi connectivity index (χ0) is 22.2. The van der Waals surface area contributed by atoms with Gasteiger partial charge >= 0.3 is 0 Å². The number of β-amino-alcohol motifs (C(OH)–C–C–N with tert-alkyl or cyclic N) is 1. The average molecular weight is 466 g/mol. The minimum atomic E-state index is -3.82. The Kier molecular flexibility index (Phi) is 6.34. The lowest BCUT2D eigenvalue weighted by atomic mass is 10.1. The standard InChI is InChI=1S/C21H27N3O5S2/c1-13-19(30-21(22-13)23-20(26)14-5-3-4-6-14)15-7-8-17(29-2)18(11-15)31(27,28)24-10-9-16(25)12-24/h7-8,11,14,16,25H,3-6,9-10,12H2,1-2H3,(H,22,23,26)/t16-/m0/s1. The summed E-state index contributed by atoms with van der Waals surface area (Å²) >= 11 is 1.33. The van der Waals surface area contributed by atoms with Gasteiger partial charge in [-0.1, -0.05) is 24.2 Å². The Morgan fingerprint density at radius 3 is 2.68 bits per heavy atom. The Morgan fingerprint density at radius 1 is 1.29 bits per heavy atom. The molecule has 2 aliphatic rings. The molecule has 4 rings (SSSR count). The van der Waals surface area contributed by atoms with E-state index < -0.39 is 16.1 Å². The van der Waals surface area contributed by atoms with Crippen molar-refractivity contribution in [3.63, 3.8) is 0 Å². The monoisotopic (exact) mass is 465 g/mol. The maximum Gasteiger partial charge on any atom is 0.246 e. The number of hydrogen-bond donors (Lipinski definition) is 2. The van der Waals surface area contributed by atoms with Gasteiger partial charge in [-0.2, -0.15) is 4.31 Å². The van der Waals surface area contributed by atoms with E-state index >= 15 is 0 Å². The molecule has 2 fully saturated rings. The fourth-order valence-corrected chi connectivity index (χ4v) is 6.84. The second kappa shape index (κ2) is 8.85. The first kappa shape index (κ1) is 22.2. The van der Waals surface area contributed by atoms with Crippen molar-refractivity contribution in [2.24, 2.45) is 5.92 Å². The number of carbonyl (C=O) groups is 1. The molecule has 0 bridgehead atoms. The highest BCUT2D eigenvalue weighted by atomic mass is 32.2. The number of aromatic nitrogens is 1. The van der Waals surface area contributed by atoms with Crippen LogP contribution in [0.2, 0.25) is 0 Å². The molecule has 1 aliphatic carbocycles. The number of methoxy groups -OCH3 is 1. The third-order valence-electron chi connectivity index (χ3n) is 5.92. The highest BCUT2D eigenvalue weighted by Gasteiger charge is 2.34. The number of nitrogens with one attached hydrogen (secondary N) is 1. The molecule has 8 nitrogen and oxygen atoms in total. The first-order valence-electron chi connectivity index (χ1n) is 10.4. The summed E-state index contributed by atoms with van der Waals surface area (Å²) in [6.07, 6.45) is 3.74. The lowest BCUT2D eigenvalue weighted by molar-refractivity contribution is -0.119. The number of aliphatic hydroxyl groups is 1. The number of nitrogens with zero attached hydrogens (tertiary/aromatic N) is 2. The van der Waals surface area contributed by atoms with Crippen molar-refractivity contribution in [3.05, 3.63) is 23.9 Å². The first-order valence-corrected chi connectivity index (χ1v) is 12.7. The molecule has 168 valence electrons. The number of aliphatic hydroxyl groups excluding tert-OH is 1. The van der Waals surface area contributed by atoms with Gasteiger partial charge in [0.15, 0.2) is 5.13 Å². The van der Waals surface area contributed by atoms with Crippen molar-refractivity contribution < 1.29 is 23.1 Å². The normalized spacial score (nSPS) is 20.3. The van der Waals surface area contributed by atoms with Crippen LogP contribution in [0.25, 0.3) is 10.4 Å². The number of benzene rings is 1. The quantitative estimate of drug-likeness (QED) is 0.679. The number of amides is 1. The number of hydrogen-bond acceptors (Lipinski definition) is 7. The topological polar surface area (TPSA) is 109 Å². The first-order chi connectivity index (χ1) is 14.8. The van der Waals surface area contributed by atoms with Crippen LogP contribution >= 0.6 is 11.3 Å². The lowest BCUT2D eigenvalue weighted by Crippen LogP contribution is -2.30. The number of rotatable bonds is 6. The smallest absolute Gasteiger partial charge is 0.246 e. The highest BCUT2D eigenvalue weighted by Crippen LogP contribution is 2.38. The number of ether oxygens (including phenoxy) is 1. The van der Waals surface area contributed by atoms with Crippen LogP contribution in [-0.2, 0) is 14.8 Å². The van der Waals surface area contributed by atoms with Gasteiger partial charge in [0.05, 0.1) is 23.8 Å². The van der Waals surface area contributed by atoms with E-state index in [1.54, 1.807) is 18.2 Å². The van der Waals surface area contributed by atoms with E-state index in [0.29, 0.717) is 17.1 Å². The molecular weight excluding hydrogens is 438 g/mol. The molecule has 1 atom stereocenters. The Bertz CT molecular complexity index is 1080. The molecule has 31 heavy (non-hydrogen) atoms. The third-order valence-corrected chi connectivity index (χ3v) is 8.93. The molecule has 1 saturated heterocycles. The summed E-state index contributed by atoms with van der Waals surface area (Å²) in [6.45, 7) is 2.19. The summed E-state index contributed by atoms with van der Waals surface area (Å²) in [5.74, 6) is 0.298. The van der Waals surface area contributed by atoms with Gasteiger partial charge in [-0.05, 0) is 49.9 Å². The molecule has 2 heterocycles. The van der Waals surface area contributed by atoms with E-state index in [0.717, 1.165) is 36.3 Å². The van der Waals surface area contributed by atoms with Gasteiger partial charge in [-0.25, -0.2) is 13.4 Å². The van der Waals surface area contributed by atoms with Gasteiger partial charge in [-0.15, -0.1) is 0 Å². The maximum absolute atomic E-state index is 13.2. The molecule has 2 N–H and O–H groups in total. The Morgan fingerprint density at radius 2 is 2.03 bits per heavy atom. The maximum atomic E-state index is 13.2. The zero-order valence-electron chi connectivity index (χ0n) is 17.6. The van der Waals surface area contributed by atoms with Crippen molar-refractivity contribution in [3.8, 4) is 16.2 Å². The fraction of sp³-hybridized carbons (Fsp3) is 0.524. The van der Waals surface area contributed by atoms with Gasteiger partial charge in [0, 0.05) is 19.0 Å². The molecule has 1 aromatic heterocycles. The van der Waals surface area contributed by atoms with E-state index in [1.165, 1.54) is 22.8 Å². The summed E-state index contributed by atoms with van der Waals surface area (Å²) in [4.78, 5) is 17.8. The van der Waals surface area contributed by atoms with Crippen LogP contribution in [0, 0.1) is 12.8 Å². The van der Waals surface area contributed by atoms with Crippen LogP contribution in [0.1, 0.15) is 37.8 Å². The Labute approximate surface area is 186 Å². The molecule has 2 aromatic rings. The van der Waals surface area contributed by atoms with E-state index in [1.807, 2.05) is 6.92 Å². The fourth-order valence-electron chi connectivity index (χ4n) is 4.20. The predicted octanol–water partition coefficient (Wildman–Crippen LogP) is 3.01. The number of carbonyl (C=O) groups excluding carboxylic acids is 1. The second-order valence-electron chi connectivity index (χ2n) is 8.08. The van der Waals surface area contributed by atoms with Crippen LogP contribution in [0.3, 0.4) is 0 Å². The Hall–Kier alpha value is -2.01. The molecule has 1 aliphatic heterocycles. The lowest BCUT2D eigenvalue weighted by Gasteiger charge is -2.18. The number of sulfonamides is 1. The van der Waals surface area contributed by atoms with E-state index in [-0.39, 0.29) is 35.6 Å². The number of thiazole rings is 1. The summed E-state index contributed by atoms with van der Waals surface area (Å²) in [6, 6.07) is 5.01. The minimum Gasteiger partial charge on any atom is -0.495 e. The largest absolute Gasteiger partial charge is 0.495 e. The molecular formula is C21H27N3O5S2. The molecule has 1 amide bonds. The average Bonchev–Trinajstić information content (AvgIpc) is 3.49. The third kappa shape index (κ3) is 4.48. The van der Waals surface area contributed by atoms with E-state index in [2.05, 4.69) is 10.3 Å². The minimum absolute atomic E-state index is 0.00314. The highest BCUT2D eigenvalue weighted by molar-refractivity contribution is 7.89. The van der Waals surface area contributed by atoms with Crippen LogP contribution in [0.5, 0.6) is 5.75 Å². The van der Waals surface area contributed by atoms with Crippen molar-refractivity contribution >= 4 is 32.4 Å². The molecule has 0 spiro atoms. The van der Waals surface area contributed by atoms with Crippen LogP contribution < -0.4 is 10.1 Å². The van der Waals surface area contributed by atoms with Crippen LogP contribution in [-0.4, -0.2) is 55.0 Å². The SMILES string of the molecule is COc1ccc(-c2sc(NC(=O)C3CCCC3)nc2C)cc1S(=O)(=O)N1CC[C@H](O)C1. The van der Waals surface area contributed by atoms with Crippen molar-refractivity contribution in [1.29, 1.82) is 0 Å². The molecule has 1 aromatic carbocycles. The van der Waals surface area contributed by atoms with Crippen molar-refractivity contribution in [1.82, 2.24) is 9.29 Å². The van der Waals surface area contributed by atoms with Crippen LogP contribution in [0.15, 0.2) is 23.1 Å². The predicted molar refractivity (Wildman–Crippen MR) is 119 cm³/mol. The summed E-state index contributed by atoms with van der Waals surface area (Å²) in [5.41, 5.74) is 1.41. The number of aryl methyl sites for hydroxylation is 1. The Balaban J connectivity index is 1.64. The van der Waals surface area contributed by atoms with Gasteiger partial charge in [-0.3, -0.25) is 4.79 Å². The van der Waals surface area contributed by atoms with E-state index in [9.17, 15) is 18.3 Å². The van der Waals surface area contributed by atoms with E-state index in [4.69, 9.17) is 4.74 Å². The zero-order valence-corrected chi connectivity index (χ0v) is 19.3. The van der Waals surface area contributed by atoms with Gasteiger partial charge in [0.2, 0.25) is 15.9 Å². The number of anilines is 1. The molecule has 10 heteroatoms. The summed E-state index contributed by atoms with van der Waals surface area (Å²) in [7, 11) is -2.39.